The van der Waals surface area contributed by atoms with E-state index < -0.39 is 5.97 Å². The molecule has 2 heterocycles. The number of nitrogens with zero attached hydrogens (tertiary/aromatic N) is 1. The zero-order valence-corrected chi connectivity index (χ0v) is 16.8. The van der Waals surface area contributed by atoms with Gasteiger partial charge in [-0.25, -0.2) is 9.64 Å². The maximum Gasteiger partial charge on any atom is 0.329 e. The monoisotopic (exact) mass is 407 g/mol. The van der Waals surface area contributed by atoms with Crippen LogP contribution in [0.3, 0.4) is 0 Å². The van der Waals surface area contributed by atoms with Crippen molar-refractivity contribution < 1.29 is 24.1 Å². The first-order valence-electron chi connectivity index (χ1n) is 10.2. The minimum atomic E-state index is -0.942. The van der Waals surface area contributed by atoms with Crippen molar-refractivity contribution in [2.75, 3.05) is 19.8 Å². The lowest BCUT2D eigenvalue weighted by molar-refractivity contribution is -0.168. The SMILES string of the molecule is [C-]#[N+]c1cccc(Oc2cccc(C34CCC(CCOCC(=O)O)(CC3)OC4)c2)c1. The van der Waals surface area contributed by atoms with Crippen molar-refractivity contribution in [2.24, 2.45) is 0 Å². The fourth-order valence-corrected chi connectivity index (χ4v) is 4.52. The number of rotatable bonds is 8. The molecule has 3 aliphatic rings. The van der Waals surface area contributed by atoms with Crippen molar-refractivity contribution in [1.82, 2.24) is 0 Å². The summed E-state index contributed by atoms with van der Waals surface area (Å²) in [7, 11) is 0. The van der Waals surface area contributed by atoms with Crippen LogP contribution in [-0.2, 0) is 19.7 Å². The highest BCUT2D eigenvalue weighted by Crippen LogP contribution is 2.52. The van der Waals surface area contributed by atoms with Crippen LogP contribution >= 0.6 is 0 Å². The van der Waals surface area contributed by atoms with E-state index in [4.69, 9.17) is 25.9 Å². The van der Waals surface area contributed by atoms with E-state index in [2.05, 4.69) is 17.0 Å². The summed E-state index contributed by atoms with van der Waals surface area (Å²) in [5.41, 5.74) is 1.58. The Balaban J connectivity index is 1.41. The molecule has 6 nitrogen and oxygen atoms in total. The zero-order chi connectivity index (χ0) is 21.0. The summed E-state index contributed by atoms with van der Waals surface area (Å²) >= 11 is 0. The highest BCUT2D eigenvalue weighted by molar-refractivity contribution is 5.67. The van der Waals surface area contributed by atoms with Crippen LogP contribution < -0.4 is 4.74 Å². The van der Waals surface area contributed by atoms with Gasteiger partial charge < -0.3 is 19.3 Å². The van der Waals surface area contributed by atoms with Gasteiger partial charge in [0, 0.05) is 5.41 Å². The number of hydrogen-bond acceptors (Lipinski definition) is 4. The summed E-state index contributed by atoms with van der Waals surface area (Å²) in [4.78, 5) is 14.1. The molecule has 156 valence electrons. The molecular formula is C24H25NO5. The second-order valence-corrected chi connectivity index (χ2v) is 8.19. The lowest BCUT2D eigenvalue weighted by Gasteiger charge is -2.53. The Labute approximate surface area is 176 Å². The molecule has 6 heteroatoms. The lowest BCUT2D eigenvalue weighted by atomic mass is 9.62. The Morgan fingerprint density at radius 3 is 2.50 bits per heavy atom. The van der Waals surface area contributed by atoms with Crippen LogP contribution in [0.4, 0.5) is 5.69 Å². The minimum absolute atomic E-state index is 0.0125. The van der Waals surface area contributed by atoms with Gasteiger partial charge in [-0.1, -0.05) is 24.3 Å². The summed E-state index contributed by atoms with van der Waals surface area (Å²) in [6, 6.07) is 15.3. The van der Waals surface area contributed by atoms with Crippen LogP contribution in [0.25, 0.3) is 4.85 Å². The van der Waals surface area contributed by atoms with Gasteiger partial charge in [0.1, 0.15) is 18.1 Å². The first-order valence-corrected chi connectivity index (χ1v) is 10.2. The molecule has 0 atom stereocenters. The zero-order valence-electron chi connectivity index (χ0n) is 16.8. The number of hydrogen-bond donors (Lipinski definition) is 1. The van der Waals surface area contributed by atoms with Crippen LogP contribution in [0.1, 0.15) is 37.7 Å². The summed E-state index contributed by atoms with van der Waals surface area (Å²) in [5.74, 6) is 0.471. The minimum Gasteiger partial charge on any atom is -0.480 e. The summed E-state index contributed by atoms with van der Waals surface area (Å²) in [5, 5.41) is 8.70. The molecule has 1 saturated carbocycles. The van der Waals surface area contributed by atoms with Crippen LogP contribution in [0.5, 0.6) is 11.5 Å². The molecule has 2 saturated heterocycles. The molecule has 0 unspecified atom stereocenters. The number of carboxylic acid groups (broad SMARTS) is 1. The Morgan fingerprint density at radius 1 is 1.10 bits per heavy atom. The third-order valence-electron chi connectivity index (χ3n) is 6.33. The van der Waals surface area contributed by atoms with Gasteiger partial charge in [-0.05, 0) is 61.9 Å². The van der Waals surface area contributed by atoms with Crippen LogP contribution in [0.15, 0.2) is 48.5 Å². The van der Waals surface area contributed by atoms with Gasteiger partial charge in [0.15, 0.2) is 5.69 Å². The molecule has 5 rings (SSSR count). The molecule has 1 aliphatic carbocycles. The third kappa shape index (κ3) is 4.33. The molecule has 2 aliphatic heterocycles. The summed E-state index contributed by atoms with van der Waals surface area (Å²) in [6.45, 7) is 7.96. The van der Waals surface area contributed by atoms with Gasteiger partial charge in [0.2, 0.25) is 0 Å². The molecule has 0 aromatic heterocycles. The molecule has 0 spiro atoms. The number of ether oxygens (including phenoxy) is 3. The number of benzene rings is 2. The van der Waals surface area contributed by atoms with Gasteiger partial charge in [0.25, 0.3) is 0 Å². The van der Waals surface area contributed by atoms with E-state index in [-0.39, 0.29) is 17.6 Å². The van der Waals surface area contributed by atoms with E-state index >= 15 is 0 Å². The maximum absolute atomic E-state index is 10.6. The largest absolute Gasteiger partial charge is 0.480 e. The van der Waals surface area contributed by atoms with Crippen LogP contribution in [0.2, 0.25) is 0 Å². The van der Waals surface area contributed by atoms with E-state index in [1.807, 2.05) is 24.3 Å². The van der Waals surface area contributed by atoms with E-state index in [9.17, 15) is 4.79 Å². The summed E-state index contributed by atoms with van der Waals surface area (Å²) in [6.07, 6.45) is 4.69. The van der Waals surface area contributed by atoms with Gasteiger partial charge in [-0.15, -0.1) is 0 Å². The Morgan fingerprint density at radius 2 is 1.83 bits per heavy atom. The van der Waals surface area contributed by atoms with E-state index in [0.717, 1.165) is 37.9 Å². The average molecular weight is 407 g/mol. The quantitative estimate of drug-likeness (QED) is 0.487. The van der Waals surface area contributed by atoms with Crippen molar-refractivity contribution in [1.29, 1.82) is 0 Å². The standard InChI is InChI=1S/C24H25NO5/c1-25-19-5-3-7-21(15-19)30-20-6-2-4-18(14-20)23-8-10-24(11-9-23,29-17-23)12-13-28-16-22(26)27/h2-7,14-15H,8-13,16-17H2,(H,26,27). The fourth-order valence-electron chi connectivity index (χ4n) is 4.52. The first kappa shape index (κ1) is 20.4. The maximum atomic E-state index is 10.6. The van der Waals surface area contributed by atoms with Gasteiger partial charge in [0.05, 0.1) is 25.4 Å². The molecule has 0 amide bonds. The molecule has 2 bridgehead atoms. The number of carbonyl (C=O) groups is 1. The van der Waals surface area contributed by atoms with Crippen LogP contribution in [-0.4, -0.2) is 36.5 Å². The molecule has 2 aromatic rings. The van der Waals surface area contributed by atoms with Crippen LogP contribution in [0, 0.1) is 6.57 Å². The normalized spacial score (nSPS) is 24.9. The highest BCUT2D eigenvalue weighted by atomic mass is 16.5. The first-order chi connectivity index (χ1) is 14.5. The predicted octanol–water partition coefficient (Wildman–Crippen LogP) is 5.10. The lowest BCUT2D eigenvalue weighted by Crippen LogP contribution is -2.53. The van der Waals surface area contributed by atoms with Gasteiger partial charge >= 0.3 is 5.97 Å². The van der Waals surface area contributed by atoms with Crippen molar-refractivity contribution >= 4 is 11.7 Å². The molecule has 30 heavy (non-hydrogen) atoms. The van der Waals surface area contributed by atoms with Gasteiger partial charge in [-0.2, -0.15) is 0 Å². The number of carboxylic acids is 1. The molecule has 0 radical (unpaired) electrons. The molecule has 3 fully saturated rings. The van der Waals surface area contributed by atoms with E-state index in [1.54, 1.807) is 12.1 Å². The number of fused-ring (bicyclic) bond motifs is 3. The van der Waals surface area contributed by atoms with E-state index in [0.29, 0.717) is 24.7 Å². The molecular weight excluding hydrogens is 382 g/mol. The van der Waals surface area contributed by atoms with Crippen molar-refractivity contribution in [2.45, 2.75) is 43.1 Å². The van der Waals surface area contributed by atoms with Crippen molar-refractivity contribution in [3.05, 3.63) is 65.5 Å². The second kappa shape index (κ2) is 8.47. The summed E-state index contributed by atoms with van der Waals surface area (Å²) < 4.78 is 17.6. The third-order valence-corrected chi connectivity index (χ3v) is 6.33. The number of aliphatic carboxylic acids is 1. The van der Waals surface area contributed by atoms with Gasteiger partial charge in [-0.3, -0.25) is 0 Å². The van der Waals surface area contributed by atoms with Crippen molar-refractivity contribution in [3.8, 4) is 11.5 Å². The predicted molar refractivity (Wildman–Crippen MR) is 111 cm³/mol. The smallest absolute Gasteiger partial charge is 0.329 e. The molecule has 2 aromatic carbocycles. The highest BCUT2D eigenvalue weighted by Gasteiger charge is 2.50. The fraction of sp³-hybridized carbons (Fsp3) is 0.417. The Kier molecular flexibility index (Phi) is 5.76. The Hall–Kier alpha value is -2.88. The Bertz CT molecular complexity index is 940. The molecule has 1 N–H and O–H groups in total. The topological polar surface area (TPSA) is 69.4 Å². The van der Waals surface area contributed by atoms with Crippen molar-refractivity contribution in [3.63, 3.8) is 0 Å². The average Bonchev–Trinajstić information content (AvgIpc) is 2.78. The second-order valence-electron chi connectivity index (χ2n) is 8.19. The van der Waals surface area contributed by atoms with E-state index in [1.165, 1.54) is 5.56 Å².